The molecule has 0 aromatic heterocycles. The standard InChI is InChI=1S/C11H13NO2/c1-2-6-10(7-3-1)12-11-13-8-4-5-9-14-11/h1-3,6-7H,4-5,8-9H2. The summed E-state index contributed by atoms with van der Waals surface area (Å²) in [5.74, 6) is 0. The highest BCUT2D eigenvalue weighted by Crippen LogP contribution is 2.12. The molecule has 1 aliphatic rings. The normalized spacial score (nSPS) is 16.4. The van der Waals surface area contributed by atoms with E-state index in [1.54, 1.807) is 0 Å². The minimum atomic E-state index is 0.397. The molecule has 14 heavy (non-hydrogen) atoms. The summed E-state index contributed by atoms with van der Waals surface area (Å²) in [6.45, 7) is 1.40. The zero-order chi connectivity index (χ0) is 9.64. The van der Waals surface area contributed by atoms with Gasteiger partial charge < -0.3 is 9.47 Å². The lowest BCUT2D eigenvalue weighted by Gasteiger charge is -2.04. The van der Waals surface area contributed by atoms with Gasteiger partial charge in [-0.25, -0.2) is 0 Å². The Balaban J connectivity index is 2.09. The van der Waals surface area contributed by atoms with Crippen molar-refractivity contribution in [3.8, 4) is 0 Å². The molecule has 3 heteroatoms. The van der Waals surface area contributed by atoms with E-state index in [9.17, 15) is 0 Å². The van der Waals surface area contributed by atoms with E-state index in [1.807, 2.05) is 30.3 Å². The van der Waals surface area contributed by atoms with Crippen LogP contribution in [0.5, 0.6) is 0 Å². The van der Waals surface area contributed by atoms with Crippen molar-refractivity contribution in [3.63, 3.8) is 0 Å². The van der Waals surface area contributed by atoms with Gasteiger partial charge in [0.15, 0.2) is 0 Å². The summed E-state index contributed by atoms with van der Waals surface area (Å²) in [4.78, 5) is 4.25. The van der Waals surface area contributed by atoms with Gasteiger partial charge in [0.05, 0.1) is 18.9 Å². The van der Waals surface area contributed by atoms with E-state index in [-0.39, 0.29) is 0 Å². The van der Waals surface area contributed by atoms with E-state index in [0.29, 0.717) is 19.3 Å². The van der Waals surface area contributed by atoms with Gasteiger partial charge in [0, 0.05) is 0 Å². The van der Waals surface area contributed by atoms with Crippen LogP contribution in [0.15, 0.2) is 35.3 Å². The molecule has 2 rings (SSSR count). The topological polar surface area (TPSA) is 30.8 Å². The molecule has 1 aromatic carbocycles. The van der Waals surface area contributed by atoms with Gasteiger partial charge in [-0.05, 0) is 25.0 Å². The summed E-state index contributed by atoms with van der Waals surface area (Å²) >= 11 is 0. The van der Waals surface area contributed by atoms with Crippen LogP contribution < -0.4 is 0 Å². The molecule has 0 amide bonds. The smallest absolute Gasteiger partial charge is 0.388 e. The Morgan fingerprint density at radius 3 is 2.21 bits per heavy atom. The van der Waals surface area contributed by atoms with Gasteiger partial charge in [-0.3, -0.25) is 0 Å². The molecule has 1 fully saturated rings. The third-order valence-electron chi connectivity index (χ3n) is 1.97. The van der Waals surface area contributed by atoms with Gasteiger partial charge in [-0.1, -0.05) is 18.2 Å². The molecule has 1 heterocycles. The minimum absolute atomic E-state index is 0.397. The number of hydrogen-bond acceptors (Lipinski definition) is 3. The maximum atomic E-state index is 5.33. The first-order chi connectivity index (χ1) is 6.95. The highest BCUT2D eigenvalue weighted by molar-refractivity contribution is 5.71. The summed E-state index contributed by atoms with van der Waals surface area (Å²) < 4.78 is 10.7. The zero-order valence-corrected chi connectivity index (χ0v) is 7.98. The second-order valence-corrected chi connectivity index (χ2v) is 3.12. The monoisotopic (exact) mass is 191 g/mol. The third kappa shape index (κ3) is 2.49. The fourth-order valence-corrected chi connectivity index (χ4v) is 1.24. The lowest BCUT2D eigenvalue weighted by Crippen LogP contribution is -2.06. The van der Waals surface area contributed by atoms with Gasteiger partial charge in [0.25, 0.3) is 0 Å². The molecule has 1 aromatic rings. The Labute approximate surface area is 83.4 Å². The van der Waals surface area contributed by atoms with Crippen LogP contribution in [-0.2, 0) is 9.47 Å². The molecular formula is C11H13NO2. The molecule has 0 bridgehead atoms. The molecular weight excluding hydrogens is 178 g/mol. The summed E-state index contributed by atoms with van der Waals surface area (Å²) in [5, 5.41) is 0. The van der Waals surface area contributed by atoms with Crippen molar-refractivity contribution < 1.29 is 9.47 Å². The van der Waals surface area contributed by atoms with Crippen LogP contribution in [0, 0.1) is 0 Å². The van der Waals surface area contributed by atoms with Crippen molar-refractivity contribution in [2.45, 2.75) is 12.8 Å². The van der Waals surface area contributed by atoms with E-state index < -0.39 is 0 Å². The molecule has 1 aliphatic heterocycles. The van der Waals surface area contributed by atoms with Crippen LogP contribution in [0.3, 0.4) is 0 Å². The first kappa shape index (κ1) is 9.06. The van der Waals surface area contributed by atoms with Gasteiger partial charge in [0.2, 0.25) is 0 Å². The van der Waals surface area contributed by atoms with E-state index in [2.05, 4.69) is 4.99 Å². The van der Waals surface area contributed by atoms with E-state index in [1.165, 1.54) is 0 Å². The number of benzene rings is 1. The summed E-state index contributed by atoms with van der Waals surface area (Å²) in [6.07, 6.45) is 2.47. The van der Waals surface area contributed by atoms with Crippen molar-refractivity contribution in [2.75, 3.05) is 13.2 Å². The maximum absolute atomic E-state index is 5.33. The number of nitrogens with zero attached hydrogens (tertiary/aromatic N) is 1. The van der Waals surface area contributed by atoms with Gasteiger partial charge in [-0.15, -0.1) is 0 Å². The quantitative estimate of drug-likeness (QED) is 0.682. The summed E-state index contributed by atoms with van der Waals surface area (Å²) in [5.41, 5.74) is 0.865. The Kier molecular flexibility index (Phi) is 3.01. The Bertz CT molecular complexity index is 298. The lowest BCUT2D eigenvalue weighted by molar-refractivity contribution is 0.202. The maximum Gasteiger partial charge on any atom is 0.388 e. The van der Waals surface area contributed by atoms with Crippen molar-refractivity contribution in [1.29, 1.82) is 0 Å². The average Bonchev–Trinajstić information content (AvgIpc) is 2.48. The van der Waals surface area contributed by atoms with Gasteiger partial charge >= 0.3 is 6.08 Å². The van der Waals surface area contributed by atoms with E-state index >= 15 is 0 Å². The largest absolute Gasteiger partial charge is 0.450 e. The van der Waals surface area contributed by atoms with Gasteiger partial charge in [0.1, 0.15) is 0 Å². The molecule has 0 spiro atoms. The summed E-state index contributed by atoms with van der Waals surface area (Å²) in [7, 11) is 0. The molecule has 1 saturated heterocycles. The van der Waals surface area contributed by atoms with E-state index in [0.717, 1.165) is 18.5 Å². The van der Waals surface area contributed by atoms with Crippen molar-refractivity contribution >= 4 is 11.8 Å². The number of ether oxygens (including phenoxy) is 2. The molecule has 0 N–H and O–H groups in total. The Morgan fingerprint density at radius 2 is 1.57 bits per heavy atom. The van der Waals surface area contributed by atoms with Crippen molar-refractivity contribution in [3.05, 3.63) is 30.3 Å². The molecule has 0 radical (unpaired) electrons. The highest BCUT2D eigenvalue weighted by atomic mass is 16.7. The van der Waals surface area contributed by atoms with Crippen LogP contribution in [0.1, 0.15) is 12.8 Å². The number of para-hydroxylation sites is 1. The fraction of sp³-hybridized carbons (Fsp3) is 0.364. The number of aliphatic imine (C=N–C) groups is 1. The molecule has 0 aliphatic carbocycles. The molecule has 0 atom stereocenters. The summed E-state index contributed by atoms with van der Waals surface area (Å²) in [6, 6.07) is 9.68. The van der Waals surface area contributed by atoms with E-state index in [4.69, 9.17) is 9.47 Å². The van der Waals surface area contributed by atoms with Crippen LogP contribution in [0.2, 0.25) is 0 Å². The molecule has 74 valence electrons. The molecule has 0 unspecified atom stereocenters. The first-order valence-corrected chi connectivity index (χ1v) is 4.84. The fourth-order valence-electron chi connectivity index (χ4n) is 1.24. The van der Waals surface area contributed by atoms with Crippen molar-refractivity contribution in [1.82, 2.24) is 0 Å². The molecule has 3 nitrogen and oxygen atoms in total. The van der Waals surface area contributed by atoms with Gasteiger partial charge in [-0.2, -0.15) is 4.99 Å². The molecule has 0 saturated carbocycles. The van der Waals surface area contributed by atoms with Crippen LogP contribution >= 0.6 is 0 Å². The predicted molar refractivity (Wildman–Crippen MR) is 54.7 cm³/mol. The Morgan fingerprint density at radius 1 is 0.929 bits per heavy atom. The lowest BCUT2D eigenvalue weighted by atomic mass is 10.3. The zero-order valence-electron chi connectivity index (χ0n) is 7.98. The average molecular weight is 191 g/mol. The number of hydrogen-bond donors (Lipinski definition) is 0. The van der Waals surface area contributed by atoms with Crippen LogP contribution in [-0.4, -0.2) is 19.3 Å². The highest BCUT2D eigenvalue weighted by Gasteiger charge is 2.06. The Hall–Kier alpha value is -1.51. The van der Waals surface area contributed by atoms with Crippen LogP contribution in [0.4, 0.5) is 5.69 Å². The SMILES string of the molecule is c1ccc(N=C2OCCCCO2)cc1. The predicted octanol–water partition coefficient (Wildman–Crippen LogP) is 2.50. The van der Waals surface area contributed by atoms with Crippen molar-refractivity contribution in [2.24, 2.45) is 4.99 Å². The second kappa shape index (κ2) is 4.65. The minimum Gasteiger partial charge on any atom is -0.450 e. The first-order valence-electron chi connectivity index (χ1n) is 4.84. The third-order valence-corrected chi connectivity index (χ3v) is 1.97. The van der Waals surface area contributed by atoms with Crippen LogP contribution in [0.25, 0.3) is 0 Å². The number of rotatable bonds is 1. The second-order valence-electron chi connectivity index (χ2n) is 3.12.